The molecule has 0 aromatic carbocycles. The molecular weight excluding hydrogens is 276 g/mol. The Bertz CT molecular complexity index is 606. The van der Waals surface area contributed by atoms with Crippen LogP contribution in [0.5, 0.6) is 0 Å². The van der Waals surface area contributed by atoms with Crippen molar-refractivity contribution in [1.82, 2.24) is 29.9 Å². The summed E-state index contributed by atoms with van der Waals surface area (Å²) in [6.07, 6.45) is 3.96. The van der Waals surface area contributed by atoms with Crippen LogP contribution in [0.25, 0.3) is 0 Å². The van der Waals surface area contributed by atoms with E-state index in [0.717, 1.165) is 12.1 Å². The molecule has 2 aromatic rings. The summed E-state index contributed by atoms with van der Waals surface area (Å²) in [5.41, 5.74) is 11.8. The predicted molar refractivity (Wildman–Crippen MR) is 73.0 cm³/mol. The van der Waals surface area contributed by atoms with E-state index in [4.69, 9.17) is 16.6 Å². The first kappa shape index (κ1) is 14.6. The van der Waals surface area contributed by atoms with E-state index in [-0.39, 0.29) is 18.3 Å². The van der Waals surface area contributed by atoms with E-state index in [0.29, 0.717) is 25.2 Å². The summed E-state index contributed by atoms with van der Waals surface area (Å²) >= 11 is 0. The van der Waals surface area contributed by atoms with Crippen molar-refractivity contribution in [3.63, 3.8) is 0 Å². The average molecular weight is 292 g/mol. The summed E-state index contributed by atoms with van der Waals surface area (Å²) in [7, 11) is 0. The Morgan fingerprint density at radius 1 is 1.19 bits per heavy atom. The molecule has 10 heteroatoms. The molecule has 0 atom stereocenters. The van der Waals surface area contributed by atoms with E-state index in [9.17, 15) is 4.79 Å². The van der Waals surface area contributed by atoms with Crippen molar-refractivity contribution in [3.05, 3.63) is 17.7 Å². The molecule has 0 bridgehead atoms. The number of anilines is 2. The number of nitrogens with two attached hydrogens (primary N) is 2. The highest BCUT2D eigenvalue weighted by molar-refractivity contribution is 5.66. The molecule has 112 valence electrons. The Labute approximate surface area is 120 Å². The van der Waals surface area contributed by atoms with E-state index in [1.165, 1.54) is 0 Å². The Kier molecular flexibility index (Phi) is 4.59. The topological polar surface area (TPSA) is 159 Å². The second-order valence-corrected chi connectivity index (χ2v) is 4.48. The highest BCUT2D eigenvalue weighted by Gasteiger charge is 2.06. The van der Waals surface area contributed by atoms with Crippen molar-refractivity contribution in [2.24, 2.45) is 0 Å². The van der Waals surface area contributed by atoms with Crippen molar-refractivity contribution >= 4 is 17.9 Å². The van der Waals surface area contributed by atoms with Crippen LogP contribution in [0.1, 0.15) is 30.8 Å². The van der Waals surface area contributed by atoms with Crippen molar-refractivity contribution in [3.8, 4) is 0 Å². The zero-order valence-electron chi connectivity index (χ0n) is 11.3. The number of carbonyl (C=O) groups is 1. The number of rotatable bonds is 7. The van der Waals surface area contributed by atoms with Gasteiger partial charge < -0.3 is 16.6 Å². The molecule has 0 aliphatic heterocycles. The van der Waals surface area contributed by atoms with E-state index < -0.39 is 5.97 Å². The number of nitrogens with zero attached hydrogens (tertiary/aromatic N) is 6. The van der Waals surface area contributed by atoms with Crippen molar-refractivity contribution in [1.29, 1.82) is 0 Å². The third-order valence-electron chi connectivity index (χ3n) is 2.68. The minimum Gasteiger partial charge on any atom is -0.481 e. The number of carboxylic acids is 1. The standard InChI is InChI=1S/C11H16N8O2/c12-10-14-8(15-11(13)16-10)6-19-5-7(17-18-19)3-1-2-4-9(20)21/h5H,1-4,6H2,(H,20,21)(H4,12,13,14,15,16). The van der Waals surface area contributed by atoms with E-state index in [2.05, 4.69) is 25.3 Å². The van der Waals surface area contributed by atoms with Gasteiger partial charge >= 0.3 is 5.97 Å². The normalized spacial score (nSPS) is 10.7. The van der Waals surface area contributed by atoms with Crippen molar-refractivity contribution < 1.29 is 9.90 Å². The lowest BCUT2D eigenvalue weighted by atomic mass is 10.1. The highest BCUT2D eigenvalue weighted by atomic mass is 16.4. The maximum absolute atomic E-state index is 10.4. The Balaban J connectivity index is 1.89. The fourth-order valence-corrected chi connectivity index (χ4v) is 1.79. The fourth-order valence-electron chi connectivity index (χ4n) is 1.79. The second kappa shape index (κ2) is 6.59. The van der Waals surface area contributed by atoms with Gasteiger partial charge in [-0.3, -0.25) is 4.79 Å². The smallest absolute Gasteiger partial charge is 0.303 e. The van der Waals surface area contributed by atoms with Gasteiger partial charge in [0.15, 0.2) is 5.82 Å². The van der Waals surface area contributed by atoms with Crippen LogP contribution in [-0.4, -0.2) is 41.0 Å². The molecule has 2 aromatic heterocycles. The first-order valence-corrected chi connectivity index (χ1v) is 6.39. The summed E-state index contributed by atoms with van der Waals surface area (Å²) in [6.45, 7) is 0.291. The van der Waals surface area contributed by atoms with Crippen LogP contribution in [0.4, 0.5) is 11.9 Å². The number of hydrogen-bond acceptors (Lipinski definition) is 8. The summed E-state index contributed by atoms with van der Waals surface area (Å²) in [6, 6.07) is 0. The molecule has 0 amide bonds. The third kappa shape index (κ3) is 4.67. The van der Waals surface area contributed by atoms with Crippen molar-refractivity contribution in [2.75, 3.05) is 11.5 Å². The van der Waals surface area contributed by atoms with Gasteiger partial charge in [0.05, 0.1) is 5.69 Å². The SMILES string of the molecule is Nc1nc(N)nc(Cn2cc(CCCCC(=O)O)nn2)n1. The van der Waals surface area contributed by atoms with Gasteiger partial charge in [-0.2, -0.15) is 15.0 Å². The highest BCUT2D eigenvalue weighted by Crippen LogP contribution is 2.05. The molecule has 0 aliphatic carbocycles. The minimum absolute atomic E-state index is 0.0616. The summed E-state index contributed by atoms with van der Waals surface area (Å²) < 4.78 is 1.57. The zero-order chi connectivity index (χ0) is 15.2. The van der Waals surface area contributed by atoms with Gasteiger partial charge in [0.25, 0.3) is 0 Å². The monoisotopic (exact) mass is 292 g/mol. The third-order valence-corrected chi connectivity index (χ3v) is 2.68. The maximum atomic E-state index is 10.4. The number of hydrogen-bond donors (Lipinski definition) is 3. The molecule has 0 unspecified atom stereocenters. The van der Waals surface area contributed by atoms with Gasteiger partial charge in [0.1, 0.15) is 6.54 Å². The molecule has 0 fully saturated rings. The summed E-state index contributed by atoms with van der Waals surface area (Å²) in [5.74, 6) is -0.260. The van der Waals surface area contributed by atoms with Gasteiger partial charge in [-0.05, 0) is 19.3 Å². The summed E-state index contributed by atoms with van der Waals surface area (Å²) in [4.78, 5) is 22.0. The molecular formula is C11H16N8O2. The number of nitrogen functional groups attached to an aromatic ring is 2. The van der Waals surface area contributed by atoms with E-state index in [1.54, 1.807) is 10.9 Å². The number of aliphatic carboxylic acids is 1. The number of unbranched alkanes of at least 4 members (excludes halogenated alkanes) is 1. The predicted octanol–water partition coefficient (Wildman–Crippen LogP) is -0.527. The molecule has 2 rings (SSSR count). The first-order valence-electron chi connectivity index (χ1n) is 6.39. The molecule has 21 heavy (non-hydrogen) atoms. The molecule has 0 aliphatic rings. The Hall–Kier alpha value is -2.78. The van der Waals surface area contributed by atoms with Crippen LogP contribution in [0, 0.1) is 0 Å². The van der Waals surface area contributed by atoms with Gasteiger partial charge in [0, 0.05) is 12.6 Å². The molecule has 10 nitrogen and oxygen atoms in total. The molecule has 0 saturated heterocycles. The van der Waals surface area contributed by atoms with Gasteiger partial charge in [-0.1, -0.05) is 5.21 Å². The van der Waals surface area contributed by atoms with E-state index in [1.807, 2.05) is 0 Å². The van der Waals surface area contributed by atoms with Crippen LogP contribution in [0.2, 0.25) is 0 Å². The van der Waals surface area contributed by atoms with Crippen LogP contribution < -0.4 is 11.5 Å². The molecule has 0 radical (unpaired) electrons. The lowest BCUT2D eigenvalue weighted by molar-refractivity contribution is -0.137. The maximum Gasteiger partial charge on any atom is 0.303 e. The lowest BCUT2D eigenvalue weighted by Crippen LogP contribution is -2.10. The van der Waals surface area contributed by atoms with Crippen molar-refractivity contribution in [2.45, 2.75) is 32.2 Å². The zero-order valence-corrected chi connectivity index (χ0v) is 11.3. The molecule has 0 spiro atoms. The quantitative estimate of drug-likeness (QED) is 0.570. The largest absolute Gasteiger partial charge is 0.481 e. The number of aryl methyl sites for hydroxylation is 1. The average Bonchev–Trinajstić information content (AvgIpc) is 2.81. The van der Waals surface area contributed by atoms with Gasteiger partial charge in [0.2, 0.25) is 11.9 Å². The first-order chi connectivity index (χ1) is 10.0. The second-order valence-electron chi connectivity index (χ2n) is 4.48. The van der Waals surface area contributed by atoms with Gasteiger partial charge in [-0.25, -0.2) is 4.68 Å². The Morgan fingerprint density at radius 3 is 2.57 bits per heavy atom. The van der Waals surface area contributed by atoms with Crippen LogP contribution in [-0.2, 0) is 17.8 Å². The van der Waals surface area contributed by atoms with Crippen LogP contribution >= 0.6 is 0 Å². The Morgan fingerprint density at radius 2 is 1.90 bits per heavy atom. The van der Waals surface area contributed by atoms with Crippen LogP contribution in [0.3, 0.4) is 0 Å². The fraction of sp³-hybridized carbons (Fsp3) is 0.455. The van der Waals surface area contributed by atoms with Crippen LogP contribution in [0.15, 0.2) is 6.20 Å². The lowest BCUT2D eigenvalue weighted by Gasteiger charge is -2.01. The molecule has 2 heterocycles. The minimum atomic E-state index is -0.788. The van der Waals surface area contributed by atoms with E-state index >= 15 is 0 Å². The number of aromatic nitrogens is 6. The number of carboxylic acid groups (broad SMARTS) is 1. The van der Waals surface area contributed by atoms with Gasteiger partial charge in [-0.15, -0.1) is 5.10 Å². The summed E-state index contributed by atoms with van der Waals surface area (Å²) in [5, 5.41) is 16.5. The molecule has 5 N–H and O–H groups in total. The molecule has 0 saturated carbocycles.